The quantitative estimate of drug-likeness (QED) is 0.470. The van der Waals surface area contributed by atoms with Crippen molar-refractivity contribution < 1.29 is 10.2 Å². The number of hydrogen-bond donors (Lipinski definition) is 3. The highest BCUT2D eigenvalue weighted by atomic mass is 16.3. The first-order valence-corrected chi connectivity index (χ1v) is 9.98. The number of phenolic OH excluding ortho intramolecular Hbond substituents is 2. The number of allylic oxidation sites excluding steroid dienone is 1. The van der Waals surface area contributed by atoms with E-state index in [1.165, 1.54) is 11.1 Å². The first kappa shape index (κ1) is 20.7. The molecule has 3 aromatic carbocycles. The zero-order valence-corrected chi connectivity index (χ0v) is 17.3. The fraction of sp³-hybridized carbons (Fsp3) is 0.231. The van der Waals surface area contributed by atoms with Crippen molar-refractivity contribution >= 4 is 11.6 Å². The molecular formula is C26H29NO2. The lowest BCUT2D eigenvalue weighted by Gasteiger charge is -2.15. The normalized spacial score (nSPS) is 11.8. The molecule has 3 heteroatoms. The highest BCUT2D eigenvalue weighted by Crippen LogP contribution is 2.38. The first-order chi connectivity index (χ1) is 13.9. The highest BCUT2D eigenvalue weighted by molar-refractivity contribution is 5.84. The van der Waals surface area contributed by atoms with Gasteiger partial charge in [0.2, 0.25) is 0 Å². The molecule has 0 aliphatic carbocycles. The van der Waals surface area contributed by atoms with Crippen molar-refractivity contribution in [2.24, 2.45) is 5.73 Å². The molecule has 4 N–H and O–H groups in total. The van der Waals surface area contributed by atoms with Crippen molar-refractivity contribution in [1.29, 1.82) is 0 Å². The van der Waals surface area contributed by atoms with Gasteiger partial charge in [0.05, 0.1) is 0 Å². The van der Waals surface area contributed by atoms with Crippen molar-refractivity contribution in [2.45, 2.75) is 39.7 Å². The summed E-state index contributed by atoms with van der Waals surface area (Å²) in [7, 11) is 0. The van der Waals surface area contributed by atoms with Gasteiger partial charge in [-0.2, -0.15) is 0 Å². The van der Waals surface area contributed by atoms with Crippen molar-refractivity contribution in [3.63, 3.8) is 0 Å². The largest absolute Gasteiger partial charge is 0.507 e. The van der Waals surface area contributed by atoms with Crippen LogP contribution >= 0.6 is 0 Å². The number of hydrogen-bond acceptors (Lipinski definition) is 3. The summed E-state index contributed by atoms with van der Waals surface area (Å²) < 4.78 is 0. The Bertz CT molecular complexity index is 977. The van der Waals surface area contributed by atoms with Crippen molar-refractivity contribution in [2.75, 3.05) is 0 Å². The predicted molar refractivity (Wildman–Crippen MR) is 121 cm³/mol. The molecule has 0 radical (unpaired) electrons. The molecule has 3 nitrogen and oxygen atoms in total. The summed E-state index contributed by atoms with van der Waals surface area (Å²) in [5, 5.41) is 21.1. The Kier molecular flexibility index (Phi) is 6.40. The zero-order valence-electron chi connectivity index (χ0n) is 17.3. The summed E-state index contributed by atoms with van der Waals surface area (Å²) in [5.41, 5.74) is 12.6. The number of benzene rings is 3. The smallest absolute Gasteiger partial charge is 0.123 e. The number of aryl methyl sites for hydroxylation is 1. The van der Waals surface area contributed by atoms with Gasteiger partial charge in [0.15, 0.2) is 0 Å². The van der Waals surface area contributed by atoms with E-state index >= 15 is 0 Å². The van der Waals surface area contributed by atoms with Crippen LogP contribution in [0.15, 0.2) is 60.7 Å². The van der Waals surface area contributed by atoms with Crippen LogP contribution in [0.1, 0.15) is 53.1 Å². The molecule has 0 amide bonds. The molecule has 0 unspecified atom stereocenters. The lowest BCUT2D eigenvalue weighted by atomic mass is 9.92. The van der Waals surface area contributed by atoms with Gasteiger partial charge in [-0.3, -0.25) is 0 Å². The molecule has 3 aromatic rings. The summed E-state index contributed by atoms with van der Waals surface area (Å²) in [4.78, 5) is 0. The first-order valence-electron chi connectivity index (χ1n) is 9.98. The summed E-state index contributed by atoms with van der Waals surface area (Å²) >= 11 is 0. The molecule has 150 valence electrons. The van der Waals surface area contributed by atoms with Crippen LogP contribution in [-0.2, 0) is 13.0 Å². The van der Waals surface area contributed by atoms with E-state index in [0.29, 0.717) is 18.5 Å². The molecular weight excluding hydrogens is 358 g/mol. The minimum absolute atomic E-state index is 0.0392. The molecule has 0 saturated carbocycles. The van der Waals surface area contributed by atoms with Gasteiger partial charge in [0.1, 0.15) is 11.5 Å². The molecule has 0 aromatic heterocycles. The van der Waals surface area contributed by atoms with Crippen LogP contribution < -0.4 is 5.73 Å². The van der Waals surface area contributed by atoms with Crippen molar-refractivity contribution in [1.82, 2.24) is 0 Å². The third-order valence-corrected chi connectivity index (χ3v) is 5.16. The minimum Gasteiger partial charge on any atom is -0.507 e. The van der Waals surface area contributed by atoms with Crippen molar-refractivity contribution in [3.05, 3.63) is 94.0 Å². The number of phenols is 2. The maximum Gasteiger partial charge on any atom is 0.123 e. The molecule has 3 rings (SSSR count). The van der Waals surface area contributed by atoms with Gasteiger partial charge in [0, 0.05) is 12.1 Å². The maximum absolute atomic E-state index is 10.5. The second-order valence-corrected chi connectivity index (χ2v) is 7.86. The average Bonchev–Trinajstić information content (AvgIpc) is 2.69. The van der Waals surface area contributed by atoms with Gasteiger partial charge in [-0.1, -0.05) is 74.0 Å². The molecule has 0 fully saturated rings. The molecule has 0 atom stereocenters. The van der Waals surface area contributed by atoms with Gasteiger partial charge < -0.3 is 15.9 Å². The Hall–Kier alpha value is -3.04. The fourth-order valence-corrected chi connectivity index (χ4v) is 3.51. The third-order valence-electron chi connectivity index (χ3n) is 5.16. The van der Waals surface area contributed by atoms with Gasteiger partial charge in [-0.25, -0.2) is 0 Å². The average molecular weight is 388 g/mol. The minimum atomic E-state index is 0.0392. The molecule has 29 heavy (non-hydrogen) atoms. The van der Waals surface area contributed by atoms with Crippen LogP contribution in [0.3, 0.4) is 0 Å². The van der Waals surface area contributed by atoms with Crippen LogP contribution in [0.25, 0.3) is 11.6 Å². The number of nitrogens with two attached hydrogens (primary N) is 1. The van der Waals surface area contributed by atoms with E-state index in [1.54, 1.807) is 12.1 Å². The molecule has 0 saturated heterocycles. The van der Waals surface area contributed by atoms with E-state index in [2.05, 4.69) is 37.3 Å². The van der Waals surface area contributed by atoms with E-state index < -0.39 is 0 Å². The van der Waals surface area contributed by atoms with Gasteiger partial charge >= 0.3 is 0 Å². The topological polar surface area (TPSA) is 66.5 Å². The SMILES string of the molecule is Cc1ccc(C/C(=C\c2ccc(CN)cc2)c2cc(O)c(C(C)C)c(O)c2)cc1. The van der Waals surface area contributed by atoms with E-state index in [0.717, 1.165) is 22.3 Å². The lowest BCUT2D eigenvalue weighted by molar-refractivity contribution is 0.433. The Labute approximate surface area is 173 Å². The molecule has 0 aliphatic heterocycles. The van der Waals surface area contributed by atoms with Gasteiger partial charge in [0.25, 0.3) is 0 Å². The van der Waals surface area contributed by atoms with Crippen molar-refractivity contribution in [3.8, 4) is 11.5 Å². The Morgan fingerprint density at radius 1 is 0.897 bits per heavy atom. The fourth-order valence-electron chi connectivity index (χ4n) is 3.51. The van der Waals surface area contributed by atoms with Crippen LogP contribution in [0.2, 0.25) is 0 Å². The van der Waals surface area contributed by atoms with Crippen LogP contribution in [0.4, 0.5) is 0 Å². The number of rotatable bonds is 6. The third kappa shape index (κ3) is 5.07. The molecule has 0 spiro atoms. The van der Waals surface area contributed by atoms with Gasteiger partial charge in [-0.05, 0) is 59.2 Å². The maximum atomic E-state index is 10.5. The summed E-state index contributed by atoms with van der Waals surface area (Å²) in [6.45, 7) is 6.49. The summed E-state index contributed by atoms with van der Waals surface area (Å²) in [6, 6.07) is 20.1. The van der Waals surface area contributed by atoms with Crippen LogP contribution in [0.5, 0.6) is 11.5 Å². The zero-order chi connectivity index (χ0) is 21.0. The van der Waals surface area contributed by atoms with E-state index in [1.807, 2.05) is 38.1 Å². The molecule has 0 aliphatic rings. The van der Waals surface area contributed by atoms with Gasteiger partial charge in [-0.15, -0.1) is 0 Å². The monoisotopic (exact) mass is 387 g/mol. The Morgan fingerprint density at radius 3 is 1.97 bits per heavy atom. The molecule has 0 heterocycles. The summed E-state index contributed by atoms with van der Waals surface area (Å²) in [5.74, 6) is 0.295. The second-order valence-electron chi connectivity index (χ2n) is 7.86. The van der Waals surface area contributed by atoms with E-state index in [4.69, 9.17) is 5.73 Å². The van der Waals surface area contributed by atoms with E-state index in [-0.39, 0.29) is 17.4 Å². The lowest BCUT2D eigenvalue weighted by Crippen LogP contribution is -1.96. The summed E-state index contributed by atoms with van der Waals surface area (Å²) in [6.07, 6.45) is 2.79. The Morgan fingerprint density at radius 2 is 1.45 bits per heavy atom. The van der Waals surface area contributed by atoms with E-state index in [9.17, 15) is 10.2 Å². The Balaban J connectivity index is 2.06. The second kappa shape index (κ2) is 8.97. The molecule has 0 bridgehead atoms. The van der Waals surface area contributed by atoms with Crippen LogP contribution in [-0.4, -0.2) is 10.2 Å². The van der Waals surface area contributed by atoms with Crippen LogP contribution in [0, 0.1) is 6.92 Å². The standard InChI is InChI=1S/C26H29NO2/c1-17(2)26-24(28)14-23(15-25(26)29)22(12-19-6-4-18(3)5-7-19)13-20-8-10-21(16-27)11-9-20/h4-11,13-15,17,28-29H,12,16,27H2,1-3H3/b22-13+. The predicted octanol–water partition coefficient (Wildman–Crippen LogP) is 5.77. The highest BCUT2D eigenvalue weighted by Gasteiger charge is 2.15. The number of aromatic hydroxyl groups is 2.